The van der Waals surface area contributed by atoms with Gasteiger partial charge < -0.3 is 4.90 Å². The fourth-order valence-corrected chi connectivity index (χ4v) is 1.10. The average Bonchev–Trinajstić information content (AvgIpc) is 2.43. The van der Waals surface area contributed by atoms with Crippen LogP contribution in [0.1, 0.15) is 13.8 Å². The van der Waals surface area contributed by atoms with Crippen LogP contribution in [0.3, 0.4) is 0 Å². The highest BCUT2D eigenvalue weighted by molar-refractivity contribution is 5.71. The van der Waals surface area contributed by atoms with E-state index in [-0.39, 0.29) is 0 Å². The van der Waals surface area contributed by atoms with E-state index in [4.69, 9.17) is 0 Å². The second-order valence-corrected chi connectivity index (χ2v) is 2.95. The van der Waals surface area contributed by atoms with Crippen LogP contribution in [0, 0.1) is 0 Å². The SMILES string of the molecule is C=N/C(C)=C(/C)N1CC=CC=NC1. The normalized spacial score (nSPS) is 18.2. The first-order valence-electron chi connectivity index (χ1n) is 4.30. The maximum absolute atomic E-state index is 4.21. The maximum atomic E-state index is 4.21. The largest absolute Gasteiger partial charge is 0.350 e. The molecule has 1 aliphatic heterocycles. The Morgan fingerprint density at radius 2 is 2.31 bits per heavy atom. The van der Waals surface area contributed by atoms with Gasteiger partial charge in [0.25, 0.3) is 0 Å². The average molecular weight is 177 g/mol. The molecule has 13 heavy (non-hydrogen) atoms. The third kappa shape index (κ3) is 2.54. The zero-order valence-corrected chi connectivity index (χ0v) is 8.20. The van der Waals surface area contributed by atoms with E-state index < -0.39 is 0 Å². The summed E-state index contributed by atoms with van der Waals surface area (Å²) < 4.78 is 0. The van der Waals surface area contributed by atoms with E-state index in [1.165, 1.54) is 0 Å². The van der Waals surface area contributed by atoms with Gasteiger partial charge in [0.2, 0.25) is 0 Å². The third-order valence-corrected chi connectivity index (χ3v) is 2.14. The molecule has 1 rings (SSSR count). The summed E-state index contributed by atoms with van der Waals surface area (Å²) in [6.45, 7) is 9.10. The zero-order chi connectivity index (χ0) is 9.68. The lowest BCUT2D eigenvalue weighted by atomic mass is 10.3. The van der Waals surface area contributed by atoms with Crippen LogP contribution in [0.5, 0.6) is 0 Å². The van der Waals surface area contributed by atoms with Gasteiger partial charge in [0.15, 0.2) is 0 Å². The third-order valence-electron chi connectivity index (χ3n) is 2.14. The fourth-order valence-electron chi connectivity index (χ4n) is 1.10. The summed E-state index contributed by atoms with van der Waals surface area (Å²) in [6.07, 6.45) is 5.87. The van der Waals surface area contributed by atoms with Gasteiger partial charge in [0.1, 0.15) is 6.67 Å². The Morgan fingerprint density at radius 1 is 1.54 bits per heavy atom. The molecule has 0 saturated heterocycles. The lowest BCUT2D eigenvalue weighted by molar-refractivity contribution is 0.392. The molecule has 0 spiro atoms. The van der Waals surface area contributed by atoms with Crippen molar-refractivity contribution in [2.75, 3.05) is 13.2 Å². The molecule has 1 heterocycles. The summed E-state index contributed by atoms with van der Waals surface area (Å²) in [6, 6.07) is 0. The smallest absolute Gasteiger partial charge is 0.110 e. The van der Waals surface area contributed by atoms with Gasteiger partial charge in [0.05, 0.1) is 5.70 Å². The van der Waals surface area contributed by atoms with E-state index in [1.54, 1.807) is 0 Å². The number of hydrogen-bond acceptors (Lipinski definition) is 3. The number of aliphatic imine (C=N–C) groups is 2. The van der Waals surface area contributed by atoms with Crippen molar-refractivity contribution in [1.82, 2.24) is 4.90 Å². The summed E-state index contributed by atoms with van der Waals surface area (Å²) >= 11 is 0. The van der Waals surface area contributed by atoms with Gasteiger partial charge in [-0.2, -0.15) is 0 Å². The predicted octanol–water partition coefficient (Wildman–Crippen LogP) is 1.84. The quantitative estimate of drug-likeness (QED) is 0.591. The lowest BCUT2D eigenvalue weighted by Gasteiger charge is -2.21. The highest BCUT2D eigenvalue weighted by atomic mass is 15.2. The summed E-state index contributed by atoms with van der Waals surface area (Å²) in [5, 5.41) is 0. The van der Waals surface area contributed by atoms with Crippen LogP contribution in [0.15, 0.2) is 33.5 Å². The molecule has 0 N–H and O–H groups in total. The molecule has 0 amide bonds. The topological polar surface area (TPSA) is 28.0 Å². The Bertz CT molecular complexity index is 260. The first-order valence-corrected chi connectivity index (χ1v) is 4.30. The van der Waals surface area contributed by atoms with Crippen molar-refractivity contribution in [3.63, 3.8) is 0 Å². The summed E-state index contributed by atoms with van der Waals surface area (Å²) in [4.78, 5) is 10.3. The lowest BCUT2D eigenvalue weighted by Crippen LogP contribution is -2.22. The molecule has 3 heteroatoms. The monoisotopic (exact) mass is 177 g/mol. The number of rotatable bonds is 2. The van der Waals surface area contributed by atoms with Gasteiger partial charge in [-0.3, -0.25) is 9.98 Å². The van der Waals surface area contributed by atoms with Crippen LogP contribution in [0.2, 0.25) is 0 Å². The minimum atomic E-state index is 0.700. The highest BCUT2D eigenvalue weighted by Gasteiger charge is 2.05. The van der Waals surface area contributed by atoms with Crippen molar-refractivity contribution < 1.29 is 0 Å². The molecule has 3 nitrogen and oxygen atoms in total. The summed E-state index contributed by atoms with van der Waals surface area (Å²) in [5.74, 6) is 0. The molecule has 0 aromatic rings. The van der Waals surface area contributed by atoms with Crippen molar-refractivity contribution in [1.29, 1.82) is 0 Å². The maximum Gasteiger partial charge on any atom is 0.110 e. The Morgan fingerprint density at radius 3 is 3.00 bits per heavy atom. The number of allylic oxidation sites excluding steroid dienone is 3. The number of hydrogen-bond donors (Lipinski definition) is 0. The highest BCUT2D eigenvalue weighted by Crippen LogP contribution is 2.11. The van der Waals surface area contributed by atoms with Gasteiger partial charge in [0, 0.05) is 18.5 Å². The van der Waals surface area contributed by atoms with Crippen molar-refractivity contribution in [3.05, 3.63) is 23.5 Å². The Hall–Kier alpha value is -1.38. The Kier molecular flexibility index (Phi) is 3.43. The molecule has 0 aliphatic carbocycles. The molecule has 1 aliphatic rings. The zero-order valence-electron chi connectivity index (χ0n) is 8.20. The van der Waals surface area contributed by atoms with Gasteiger partial charge in [-0.25, -0.2) is 0 Å². The number of nitrogens with zero attached hydrogens (tertiary/aromatic N) is 3. The van der Waals surface area contributed by atoms with Crippen molar-refractivity contribution >= 4 is 12.9 Å². The molecular weight excluding hydrogens is 162 g/mol. The van der Waals surface area contributed by atoms with Crippen LogP contribution in [-0.4, -0.2) is 31.0 Å². The second kappa shape index (κ2) is 4.60. The van der Waals surface area contributed by atoms with E-state index >= 15 is 0 Å². The molecule has 0 fully saturated rings. The van der Waals surface area contributed by atoms with Crippen LogP contribution >= 0.6 is 0 Å². The second-order valence-electron chi connectivity index (χ2n) is 2.95. The predicted molar refractivity (Wildman–Crippen MR) is 57.1 cm³/mol. The molecule has 0 aromatic carbocycles. The summed E-state index contributed by atoms with van der Waals surface area (Å²) in [7, 11) is 0. The van der Waals surface area contributed by atoms with E-state index in [0.29, 0.717) is 6.67 Å². The first kappa shape index (κ1) is 9.71. The molecule has 0 radical (unpaired) electrons. The van der Waals surface area contributed by atoms with Gasteiger partial charge in [-0.05, 0) is 26.6 Å². The molecule has 0 saturated carbocycles. The van der Waals surface area contributed by atoms with E-state index in [9.17, 15) is 0 Å². The molecule has 0 aromatic heterocycles. The fraction of sp³-hybridized carbons (Fsp3) is 0.400. The van der Waals surface area contributed by atoms with E-state index in [1.807, 2.05) is 26.1 Å². The van der Waals surface area contributed by atoms with E-state index in [0.717, 1.165) is 17.9 Å². The van der Waals surface area contributed by atoms with Crippen LogP contribution in [0.25, 0.3) is 0 Å². The molecular formula is C10H15N3. The molecule has 0 unspecified atom stereocenters. The van der Waals surface area contributed by atoms with Gasteiger partial charge in [-0.15, -0.1) is 0 Å². The van der Waals surface area contributed by atoms with Crippen molar-refractivity contribution in [3.8, 4) is 0 Å². The van der Waals surface area contributed by atoms with Gasteiger partial charge in [-0.1, -0.05) is 6.08 Å². The van der Waals surface area contributed by atoms with E-state index in [2.05, 4.69) is 27.7 Å². The van der Waals surface area contributed by atoms with Crippen LogP contribution < -0.4 is 0 Å². The first-order chi connectivity index (χ1) is 6.25. The standard InChI is InChI=1S/C10H15N3/c1-9(11-3)10(2)13-7-5-4-6-12-8-13/h4-6H,3,7-8H2,1-2H3/b10-9-. The van der Waals surface area contributed by atoms with Crippen molar-refractivity contribution in [2.24, 2.45) is 9.98 Å². The summed E-state index contributed by atoms with van der Waals surface area (Å²) in [5.41, 5.74) is 2.10. The minimum Gasteiger partial charge on any atom is -0.350 e. The van der Waals surface area contributed by atoms with Crippen LogP contribution in [0.4, 0.5) is 0 Å². The van der Waals surface area contributed by atoms with Crippen LogP contribution in [-0.2, 0) is 0 Å². The molecule has 0 atom stereocenters. The Labute approximate surface area is 79.2 Å². The Balaban J connectivity index is 2.76. The van der Waals surface area contributed by atoms with Crippen molar-refractivity contribution in [2.45, 2.75) is 13.8 Å². The minimum absolute atomic E-state index is 0.700. The molecule has 70 valence electrons. The molecule has 0 bridgehead atoms. The van der Waals surface area contributed by atoms with Gasteiger partial charge >= 0.3 is 0 Å².